The van der Waals surface area contributed by atoms with Gasteiger partial charge in [-0.25, -0.2) is 9.97 Å². The number of hydrogen-bond donors (Lipinski definition) is 2. The monoisotopic (exact) mass is 342 g/mol. The van der Waals surface area contributed by atoms with Crippen LogP contribution in [-0.4, -0.2) is 27.8 Å². The molecular weight excluding hydrogens is 328 g/mol. The van der Waals surface area contributed by atoms with E-state index in [0.717, 1.165) is 0 Å². The Morgan fingerprint density at radius 3 is 2.40 bits per heavy atom. The summed E-state index contributed by atoms with van der Waals surface area (Å²) in [7, 11) is 0. The van der Waals surface area contributed by atoms with Crippen LogP contribution in [0.1, 0.15) is 13.8 Å². The van der Waals surface area contributed by atoms with Crippen molar-refractivity contribution in [1.82, 2.24) is 9.97 Å². The van der Waals surface area contributed by atoms with Gasteiger partial charge in [0.15, 0.2) is 0 Å². The number of benzene rings is 1. The molecule has 0 aliphatic heterocycles. The van der Waals surface area contributed by atoms with Gasteiger partial charge in [-0.1, -0.05) is 13.8 Å². The molecule has 0 spiro atoms. The molecule has 9 heteroatoms. The van der Waals surface area contributed by atoms with E-state index in [1.165, 1.54) is 6.33 Å². The lowest BCUT2D eigenvalue weighted by Crippen LogP contribution is -2.36. The molecule has 130 valence electrons. The van der Waals surface area contributed by atoms with Crippen LogP contribution in [0.2, 0.25) is 0 Å². The van der Waals surface area contributed by atoms with Crippen molar-refractivity contribution < 1.29 is 24.6 Å². The van der Waals surface area contributed by atoms with Crippen molar-refractivity contribution in [3.63, 3.8) is 0 Å². The Bertz CT molecular complexity index is 860. The van der Waals surface area contributed by atoms with Crippen LogP contribution in [0.3, 0.4) is 0 Å². The fourth-order valence-electron chi connectivity index (χ4n) is 1.88. The number of aliphatic carboxylic acids is 2. The van der Waals surface area contributed by atoms with Gasteiger partial charge in [-0.3, -0.25) is 4.79 Å². The summed E-state index contributed by atoms with van der Waals surface area (Å²) in [5, 5.41) is 27.1. The Morgan fingerprint density at radius 1 is 1.12 bits per heavy atom. The van der Waals surface area contributed by atoms with Crippen LogP contribution < -0.4 is 20.8 Å². The van der Waals surface area contributed by atoms with E-state index >= 15 is 0 Å². The van der Waals surface area contributed by atoms with Crippen LogP contribution >= 0.6 is 0 Å². The number of rotatable bonds is 6. The van der Waals surface area contributed by atoms with Crippen molar-refractivity contribution in [2.24, 2.45) is 5.92 Å². The van der Waals surface area contributed by atoms with Crippen molar-refractivity contribution in [1.29, 1.82) is 0 Å². The molecular formula is C16H14N4O5-2. The summed E-state index contributed by atoms with van der Waals surface area (Å²) < 4.78 is 0. The minimum absolute atomic E-state index is 0.158. The fraction of sp³-hybridized carbons (Fsp3) is 0.188. The summed E-state index contributed by atoms with van der Waals surface area (Å²) in [6.45, 7) is 3.50. The Kier molecular flexibility index (Phi) is 5.28. The average Bonchev–Trinajstić information content (AvgIpc) is 2.54. The Hall–Kier alpha value is -3.49. The maximum atomic E-state index is 11.8. The first-order chi connectivity index (χ1) is 11.8. The van der Waals surface area contributed by atoms with E-state index < -0.39 is 17.5 Å². The van der Waals surface area contributed by atoms with Crippen molar-refractivity contribution >= 4 is 40.3 Å². The molecule has 0 aliphatic rings. The third kappa shape index (κ3) is 4.28. The van der Waals surface area contributed by atoms with E-state index in [4.69, 9.17) is 0 Å². The van der Waals surface area contributed by atoms with E-state index in [1.807, 2.05) is 0 Å². The summed E-state index contributed by atoms with van der Waals surface area (Å²) in [5.41, 5.74) is -0.0546. The molecule has 2 aromatic rings. The Morgan fingerprint density at radius 2 is 1.80 bits per heavy atom. The van der Waals surface area contributed by atoms with E-state index in [1.54, 1.807) is 32.0 Å². The van der Waals surface area contributed by atoms with Gasteiger partial charge in [0, 0.05) is 28.8 Å². The minimum Gasteiger partial charge on any atom is -0.545 e. The molecule has 25 heavy (non-hydrogen) atoms. The summed E-state index contributed by atoms with van der Waals surface area (Å²) >= 11 is 0. The summed E-state index contributed by atoms with van der Waals surface area (Å²) in [4.78, 5) is 41.3. The second kappa shape index (κ2) is 7.39. The highest BCUT2D eigenvalue weighted by molar-refractivity contribution is 6.11. The van der Waals surface area contributed by atoms with Gasteiger partial charge in [-0.15, -0.1) is 0 Å². The van der Waals surface area contributed by atoms with Gasteiger partial charge in [0.1, 0.15) is 12.1 Å². The number of nitrogens with one attached hydrogen (secondary N) is 2. The molecule has 2 N–H and O–H groups in total. The van der Waals surface area contributed by atoms with E-state index in [2.05, 4.69) is 20.6 Å². The number of anilines is 2. The molecule has 0 aliphatic carbocycles. The van der Waals surface area contributed by atoms with Crippen LogP contribution in [0.4, 0.5) is 11.5 Å². The van der Waals surface area contributed by atoms with E-state index in [9.17, 15) is 24.6 Å². The molecule has 2 rings (SSSR count). The first-order valence-electron chi connectivity index (χ1n) is 7.24. The molecule has 1 aromatic heterocycles. The molecule has 0 radical (unpaired) electrons. The molecule has 1 aromatic carbocycles. The van der Waals surface area contributed by atoms with E-state index in [-0.39, 0.29) is 17.6 Å². The van der Waals surface area contributed by atoms with Crippen molar-refractivity contribution in [3.05, 3.63) is 36.3 Å². The number of carboxylic acid groups (broad SMARTS) is 2. The maximum Gasteiger partial charge on any atom is 0.226 e. The van der Waals surface area contributed by atoms with Gasteiger partial charge in [-0.2, -0.15) is 0 Å². The molecule has 0 saturated heterocycles. The highest BCUT2D eigenvalue weighted by atomic mass is 16.4. The normalized spacial score (nSPS) is 10.4. The largest absolute Gasteiger partial charge is 0.545 e. The Labute approximate surface area is 142 Å². The number of hydrogen-bond acceptors (Lipinski definition) is 8. The van der Waals surface area contributed by atoms with Gasteiger partial charge in [0.25, 0.3) is 0 Å². The van der Waals surface area contributed by atoms with E-state index in [0.29, 0.717) is 22.8 Å². The van der Waals surface area contributed by atoms with Gasteiger partial charge in [-0.05, 0) is 18.2 Å². The number of nitrogens with zero attached hydrogens (tertiary/aromatic N) is 2. The molecule has 0 fully saturated rings. The SMILES string of the molecule is CC(C)C(=O)Nc1ccc2ncnc(NC=C(C(=O)[O-])C(=O)[O-])c2c1. The number of carbonyl (C=O) groups is 3. The number of carboxylic acids is 2. The third-order valence-electron chi connectivity index (χ3n) is 3.22. The third-order valence-corrected chi connectivity index (χ3v) is 3.22. The molecule has 0 saturated carbocycles. The van der Waals surface area contributed by atoms with Gasteiger partial charge in [0.05, 0.1) is 17.5 Å². The van der Waals surface area contributed by atoms with Crippen LogP contribution in [-0.2, 0) is 14.4 Å². The zero-order valence-corrected chi connectivity index (χ0v) is 13.4. The van der Waals surface area contributed by atoms with Crippen LogP contribution in [0.5, 0.6) is 0 Å². The molecule has 0 atom stereocenters. The topological polar surface area (TPSA) is 147 Å². The number of amides is 1. The number of carbonyl (C=O) groups excluding carboxylic acids is 3. The second-order valence-electron chi connectivity index (χ2n) is 5.38. The minimum atomic E-state index is -1.89. The quantitative estimate of drug-likeness (QED) is 0.387. The van der Waals surface area contributed by atoms with Crippen LogP contribution in [0.25, 0.3) is 10.9 Å². The lowest BCUT2D eigenvalue weighted by molar-refractivity contribution is -0.312. The first-order valence-corrected chi connectivity index (χ1v) is 7.24. The summed E-state index contributed by atoms with van der Waals surface area (Å²) in [6.07, 6.45) is 1.94. The lowest BCUT2D eigenvalue weighted by Gasteiger charge is -2.12. The number of fused-ring (bicyclic) bond motifs is 1. The Balaban J connectivity index is 2.40. The predicted octanol–water partition coefficient (Wildman–Crippen LogP) is -0.980. The summed E-state index contributed by atoms with van der Waals surface area (Å²) in [5.74, 6) is -4.02. The van der Waals surface area contributed by atoms with Gasteiger partial charge in [0.2, 0.25) is 5.91 Å². The molecule has 1 amide bonds. The zero-order chi connectivity index (χ0) is 18.6. The smallest absolute Gasteiger partial charge is 0.226 e. The van der Waals surface area contributed by atoms with Crippen molar-refractivity contribution in [2.75, 3.05) is 10.6 Å². The van der Waals surface area contributed by atoms with Crippen LogP contribution in [0, 0.1) is 5.92 Å². The summed E-state index contributed by atoms with van der Waals surface area (Å²) in [6, 6.07) is 4.88. The highest BCUT2D eigenvalue weighted by Crippen LogP contribution is 2.23. The fourth-order valence-corrected chi connectivity index (χ4v) is 1.88. The molecule has 0 bridgehead atoms. The van der Waals surface area contributed by atoms with Crippen LogP contribution in [0.15, 0.2) is 36.3 Å². The van der Waals surface area contributed by atoms with Crippen molar-refractivity contribution in [2.45, 2.75) is 13.8 Å². The first kappa shape index (κ1) is 17.9. The zero-order valence-electron chi connectivity index (χ0n) is 13.4. The standard InChI is InChI=1S/C16H16N4O5/c1-8(2)14(21)20-9-3-4-12-10(5-9)13(19-7-18-12)17-6-11(15(22)23)16(24)25/h3-8H,1-2H3,(H,20,21)(H,22,23)(H,24,25)(H,17,18,19)/p-2. The van der Waals surface area contributed by atoms with Gasteiger partial charge < -0.3 is 30.4 Å². The maximum absolute atomic E-state index is 11.8. The number of aromatic nitrogens is 2. The second-order valence-corrected chi connectivity index (χ2v) is 5.38. The molecule has 9 nitrogen and oxygen atoms in total. The van der Waals surface area contributed by atoms with Crippen molar-refractivity contribution in [3.8, 4) is 0 Å². The lowest BCUT2D eigenvalue weighted by atomic mass is 10.1. The molecule has 0 unspecified atom stereocenters. The highest BCUT2D eigenvalue weighted by Gasteiger charge is 2.09. The van der Waals surface area contributed by atoms with Gasteiger partial charge >= 0.3 is 0 Å². The molecule has 1 heterocycles. The predicted molar refractivity (Wildman–Crippen MR) is 84.7 cm³/mol. The average molecular weight is 342 g/mol.